The van der Waals surface area contributed by atoms with E-state index in [2.05, 4.69) is 4.74 Å². The Hall–Kier alpha value is -1.60. The summed E-state index contributed by atoms with van der Waals surface area (Å²) in [6.07, 6.45) is 0. The third-order valence-electron chi connectivity index (χ3n) is 2.95. The zero-order chi connectivity index (χ0) is 15.3. The Morgan fingerprint density at radius 1 is 1.38 bits per heavy atom. The van der Waals surface area contributed by atoms with Gasteiger partial charge < -0.3 is 20.1 Å². The topological polar surface area (TPSA) is 64.8 Å². The third-order valence-corrected chi connectivity index (χ3v) is 2.95. The number of carbonyl (C=O) groups excluding carboxylic acids is 1. The lowest BCUT2D eigenvalue weighted by Gasteiger charge is -2.24. The second-order valence-corrected chi connectivity index (χ2v) is 4.24. The minimum Gasteiger partial charge on any atom is -0.493 e. The highest BCUT2D eigenvalue weighted by molar-refractivity contribution is 5.95. The SMILES string of the molecule is COc1ccc(C(=O)N(C)C(C)CN)cc1OC(F)F.Cl. The number of amides is 1. The number of rotatable bonds is 6. The van der Waals surface area contributed by atoms with Gasteiger partial charge in [-0.05, 0) is 25.1 Å². The Bertz CT molecular complexity index is 475. The zero-order valence-corrected chi connectivity index (χ0v) is 12.8. The monoisotopic (exact) mass is 324 g/mol. The molecule has 21 heavy (non-hydrogen) atoms. The van der Waals surface area contributed by atoms with Crippen molar-refractivity contribution < 1.29 is 23.0 Å². The molecule has 0 spiro atoms. The van der Waals surface area contributed by atoms with E-state index >= 15 is 0 Å². The van der Waals surface area contributed by atoms with Gasteiger partial charge in [0.15, 0.2) is 11.5 Å². The molecule has 0 saturated heterocycles. The molecule has 0 fully saturated rings. The zero-order valence-electron chi connectivity index (χ0n) is 12.0. The molecule has 5 nitrogen and oxygen atoms in total. The van der Waals surface area contributed by atoms with Crippen LogP contribution in [0, 0.1) is 0 Å². The fourth-order valence-corrected chi connectivity index (χ4v) is 1.56. The molecule has 0 bridgehead atoms. The van der Waals surface area contributed by atoms with Crippen molar-refractivity contribution in [3.05, 3.63) is 23.8 Å². The van der Waals surface area contributed by atoms with E-state index in [9.17, 15) is 13.6 Å². The van der Waals surface area contributed by atoms with Crippen molar-refractivity contribution in [3.63, 3.8) is 0 Å². The Kier molecular flexibility index (Phi) is 7.98. The predicted octanol–water partition coefficient (Wildman–Crippen LogP) is 2.14. The van der Waals surface area contributed by atoms with E-state index in [0.717, 1.165) is 0 Å². The minimum absolute atomic E-state index is 0. The molecule has 0 heterocycles. The van der Waals surface area contributed by atoms with E-state index in [-0.39, 0.29) is 41.4 Å². The molecule has 1 rings (SSSR count). The van der Waals surface area contributed by atoms with Gasteiger partial charge in [-0.2, -0.15) is 8.78 Å². The Balaban J connectivity index is 0.00000400. The number of halogens is 3. The van der Waals surface area contributed by atoms with E-state index in [1.54, 1.807) is 14.0 Å². The number of methoxy groups -OCH3 is 1. The summed E-state index contributed by atoms with van der Waals surface area (Å²) in [5.74, 6) is -0.372. The number of benzene rings is 1. The summed E-state index contributed by atoms with van der Waals surface area (Å²) in [7, 11) is 2.93. The van der Waals surface area contributed by atoms with E-state index in [1.165, 1.54) is 30.2 Å². The van der Waals surface area contributed by atoms with E-state index in [0.29, 0.717) is 6.54 Å². The number of ether oxygens (including phenoxy) is 2. The van der Waals surface area contributed by atoms with Crippen molar-refractivity contribution in [2.75, 3.05) is 20.7 Å². The molecule has 1 aromatic carbocycles. The highest BCUT2D eigenvalue weighted by Crippen LogP contribution is 2.29. The first-order chi connectivity index (χ1) is 9.40. The average molecular weight is 325 g/mol. The standard InChI is InChI=1S/C13H18F2N2O3.ClH/c1-8(7-16)17(2)12(18)9-4-5-10(19-3)11(6-9)20-13(14)15;/h4-6,8,13H,7,16H2,1-3H3;1H. The van der Waals surface area contributed by atoms with Gasteiger partial charge >= 0.3 is 6.61 Å². The summed E-state index contributed by atoms with van der Waals surface area (Å²) in [5, 5.41) is 0. The Labute approximate surface area is 128 Å². The first-order valence-electron chi connectivity index (χ1n) is 6.00. The van der Waals surface area contributed by atoms with Crippen LogP contribution in [0.3, 0.4) is 0 Å². The van der Waals surface area contributed by atoms with E-state index < -0.39 is 6.61 Å². The van der Waals surface area contributed by atoms with Crippen molar-refractivity contribution in [2.45, 2.75) is 19.6 Å². The lowest BCUT2D eigenvalue weighted by molar-refractivity contribution is -0.0512. The maximum absolute atomic E-state index is 12.3. The van der Waals surface area contributed by atoms with Gasteiger partial charge in [0.2, 0.25) is 0 Å². The summed E-state index contributed by atoms with van der Waals surface area (Å²) < 4.78 is 33.9. The molecule has 2 N–H and O–H groups in total. The number of likely N-dealkylation sites (N-methyl/N-ethyl adjacent to an activating group) is 1. The van der Waals surface area contributed by atoms with Crippen LogP contribution >= 0.6 is 12.4 Å². The second kappa shape index (κ2) is 8.63. The molecule has 0 radical (unpaired) electrons. The molecule has 0 aliphatic heterocycles. The fourth-order valence-electron chi connectivity index (χ4n) is 1.56. The summed E-state index contributed by atoms with van der Waals surface area (Å²) >= 11 is 0. The van der Waals surface area contributed by atoms with Gasteiger partial charge in [-0.25, -0.2) is 0 Å². The van der Waals surface area contributed by atoms with Gasteiger partial charge in [0, 0.05) is 25.2 Å². The quantitative estimate of drug-likeness (QED) is 0.870. The number of hydrogen-bond acceptors (Lipinski definition) is 4. The highest BCUT2D eigenvalue weighted by atomic mass is 35.5. The van der Waals surface area contributed by atoms with Crippen LogP contribution in [-0.2, 0) is 0 Å². The van der Waals surface area contributed by atoms with Gasteiger partial charge in [-0.3, -0.25) is 4.79 Å². The number of nitrogens with zero attached hydrogens (tertiary/aromatic N) is 1. The van der Waals surface area contributed by atoms with Crippen LogP contribution in [0.15, 0.2) is 18.2 Å². The molecule has 8 heteroatoms. The van der Waals surface area contributed by atoms with Gasteiger partial charge in [0.05, 0.1) is 7.11 Å². The van der Waals surface area contributed by atoms with Crippen molar-refractivity contribution in [1.82, 2.24) is 4.90 Å². The van der Waals surface area contributed by atoms with Crippen molar-refractivity contribution >= 4 is 18.3 Å². The lowest BCUT2D eigenvalue weighted by Crippen LogP contribution is -2.39. The largest absolute Gasteiger partial charge is 0.493 e. The smallest absolute Gasteiger partial charge is 0.387 e. The van der Waals surface area contributed by atoms with E-state index in [1.807, 2.05) is 0 Å². The van der Waals surface area contributed by atoms with Crippen molar-refractivity contribution in [3.8, 4) is 11.5 Å². The van der Waals surface area contributed by atoms with Gasteiger partial charge in [-0.15, -0.1) is 12.4 Å². The minimum atomic E-state index is -2.99. The number of carbonyl (C=O) groups is 1. The summed E-state index contributed by atoms with van der Waals surface area (Å²) in [6, 6.07) is 3.96. The second-order valence-electron chi connectivity index (χ2n) is 4.24. The number of nitrogens with two attached hydrogens (primary N) is 1. The lowest BCUT2D eigenvalue weighted by atomic mass is 10.1. The molecule has 1 amide bonds. The predicted molar refractivity (Wildman–Crippen MR) is 77.5 cm³/mol. The fraction of sp³-hybridized carbons (Fsp3) is 0.462. The normalized spacial score (nSPS) is 11.6. The molecular weight excluding hydrogens is 306 g/mol. The molecule has 0 saturated carbocycles. The molecule has 1 aromatic rings. The van der Waals surface area contributed by atoms with Gasteiger partial charge in [0.25, 0.3) is 5.91 Å². The van der Waals surface area contributed by atoms with Gasteiger partial charge in [0.1, 0.15) is 0 Å². The first-order valence-corrected chi connectivity index (χ1v) is 6.00. The van der Waals surface area contributed by atoms with Crippen molar-refractivity contribution in [2.24, 2.45) is 5.73 Å². The molecule has 120 valence electrons. The van der Waals surface area contributed by atoms with Crippen LogP contribution in [0.25, 0.3) is 0 Å². The molecular formula is C13H19ClF2N2O3. The van der Waals surface area contributed by atoms with Crippen LogP contribution in [0.1, 0.15) is 17.3 Å². The molecule has 0 aliphatic carbocycles. The average Bonchev–Trinajstić information content (AvgIpc) is 2.44. The summed E-state index contributed by atoms with van der Waals surface area (Å²) in [4.78, 5) is 13.6. The maximum Gasteiger partial charge on any atom is 0.387 e. The van der Waals surface area contributed by atoms with Crippen LogP contribution < -0.4 is 15.2 Å². The molecule has 1 unspecified atom stereocenters. The van der Waals surface area contributed by atoms with Gasteiger partial charge in [-0.1, -0.05) is 0 Å². The number of alkyl halides is 2. The van der Waals surface area contributed by atoms with E-state index in [4.69, 9.17) is 10.5 Å². The summed E-state index contributed by atoms with van der Waals surface area (Å²) in [5.41, 5.74) is 5.72. The van der Waals surface area contributed by atoms with Crippen molar-refractivity contribution in [1.29, 1.82) is 0 Å². The van der Waals surface area contributed by atoms with Crippen LogP contribution in [0.4, 0.5) is 8.78 Å². The Morgan fingerprint density at radius 2 is 2.00 bits per heavy atom. The Morgan fingerprint density at radius 3 is 2.48 bits per heavy atom. The molecule has 0 aromatic heterocycles. The molecule has 0 aliphatic rings. The highest BCUT2D eigenvalue weighted by Gasteiger charge is 2.19. The third kappa shape index (κ3) is 5.02. The summed E-state index contributed by atoms with van der Waals surface area (Å²) in [6.45, 7) is -0.897. The molecule has 1 atom stereocenters. The van der Waals surface area contributed by atoms with Crippen LogP contribution in [0.2, 0.25) is 0 Å². The maximum atomic E-state index is 12.3. The first kappa shape index (κ1) is 19.4. The number of hydrogen-bond donors (Lipinski definition) is 1. The van der Waals surface area contributed by atoms with Crippen LogP contribution in [0.5, 0.6) is 11.5 Å². The van der Waals surface area contributed by atoms with Crippen LogP contribution in [-0.4, -0.2) is 44.2 Å².